The Morgan fingerprint density at radius 1 is 0.875 bits per heavy atom. The number of amides is 1. The summed E-state index contributed by atoms with van der Waals surface area (Å²) in [6, 6.07) is 17.5. The zero-order valence-electron chi connectivity index (χ0n) is 16.7. The first-order valence-corrected chi connectivity index (χ1v) is 10.00. The number of alkyl halides is 3. The van der Waals surface area contributed by atoms with Crippen LogP contribution >= 0.6 is 12.2 Å². The summed E-state index contributed by atoms with van der Waals surface area (Å²) in [4.78, 5) is 12.1. The molecule has 9 heteroatoms. The van der Waals surface area contributed by atoms with Crippen molar-refractivity contribution >= 4 is 34.6 Å². The van der Waals surface area contributed by atoms with E-state index < -0.39 is 23.5 Å². The van der Waals surface area contributed by atoms with E-state index in [1.165, 1.54) is 24.3 Å². The third kappa shape index (κ3) is 6.52. The van der Waals surface area contributed by atoms with Crippen molar-refractivity contribution in [2.45, 2.75) is 12.6 Å². The summed E-state index contributed by atoms with van der Waals surface area (Å²) in [6.45, 7) is 0.351. The molecule has 3 aromatic carbocycles. The summed E-state index contributed by atoms with van der Waals surface area (Å²) in [7, 11) is 0. The van der Waals surface area contributed by atoms with Crippen LogP contribution in [-0.2, 0) is 12.6 Å². The molecule has 0 atom stereocenters. The fraction of sp³-hybridized carbons (Fsp3) is 0.130. The smallest absolute Gasteiger partial charge is 0.362 e. The normalized spacial score (nSPS) is 11.0. The Morgan fingerprint density at radius 2 is 1.53 bits per heavy atom. The zero-order chi connectivity index (χ0) is 23.1. The lowest BCUT2D eigenvalue weighted by Gasteiger charge is -2.12. The van der Waals surface area contributed by atoms with Crippen molar-refractivity contribution in [2.24, 2.45) is 0 Å². The van der Waals surface area contributed by atoms with Crippen molar-refractivity contribution in [3.05, 3.63) is 95.3 Å². The Hall–Kier alpha value is -3.46. The quantitative estimate of drug-likeness (QED) is 0.329. The third-order valence-electron chi connectivity index (χ3n) is 4.47. The number of anilines is 2. The maximum absolute atomic E-state index is 13.7. The molecule has 0 radical (unpaired) electrons. The van der Waals surface area contributed by atoms with Crippen LogP contribution in [0, 0.1) is 5.82 Å². The van der Waals surface area contributed by atoms with Crippen LogP contribution < -0.4 is 16.0 Å². The first-order chi connectivity index (χ1) is 15.2. The van der Waals surface area contributed by atoms with Crippen molar-refractivity contribution in [1.82, 2.24) is 5.32 Å². The molecule has 1 amide bonds. The number of rotatable bonds is 6. The predicted molar refractivity (Wildman–Crippen MR) is 120 cm³/mol. The molecule has 32 heavy (non-hydrogen) atoms. The van der Waals surface area contributed by atoms with Gasteiger partial charge in [-0.05, 0) is 66.7 Å². The lowest BCUT2D eigenvalue weighted by molar-refractivity contribution is -0.137. The zero-order valence-corrected chi connectivity index (χ0v) is 17.5. The van der Waals surface area contributed by atoms with Crippen LogP contribution in [0.15, 0.2) is 72.8 Å². The molecule has 0 aromatic heterocycles. The van der Waals surface area contributed by atoms with Gasteiger partial charge in [0.2, 0.25) is 0 Å². The Bertz CT molecular complexity index is 1100. The first kappa shape index (κ1) is 23.2. The standard InChI is InChI=1S/C23H19F4N3OS/c24-20-7-2-1-6-19(20)21(31)29-17-8-10-18(11-9-17)30-22(32)28-13-12-15-4-3-5-16(14-15)23(25,26)27/h1-11,14H,12-13H2,(H,29,31)(H2,28,30,32). The van der Waals surface area contributed by atoms with E-state index in [9.17, 15) is 22.4 Å². The fourth-order valence-corrected chi connectivity index (χ4v) is 3.10. The van der Waals surface area contributed by atoms with Crippen LogP contribution in [0.5, 0.6) is 0 Å². The number of carbonyl (C=O) groups is 1. The van der Waals surface area contributed by atoms with Gasteiger partial charge in [-0.3, -0.25) is 4.79 Å². The Morgan fingerprint density at radius 3 is 2.19 bits per heavy atom. The molecular formula is C23H19F4N3OS. The minimum atomic E-state index is -4.37. The van der Waals surface area contributed by atoms with Gasteiger partial charge >= 0.3 is 6.18 Å². The average Bonchev–Trinajstić information content (AvgIpc) is 2.75. The van der Waals surface area contributed by atoms with Crippen LogP contribution in [-0.4, -0.2) is 17.6 Å². The summed E-state index contributed by atoms with van der Waals surface area (Å²) >= 11 is 5.20. The lowest BCUT2D eigenvalue weighted by atomic mass is 10.1. The second-order valence-electron chi connectivity index (χ2n) is 6.84. The van der Waals surface area contributed by atoms with Gasteiger partial charge in [0.25, 0.3) is 5.91 Å². The van der Waals surface area contributed by atoms with Crippen LogP contribution in [0.4, 0.5) is 28.9 Å². The lowest BCUT2D eigenvalue weighted by Crippen LogP contribution is -2.30. The highest BCUT2D eigenvalue weighted by Crippen LogP contribution is 2.29. The van der Waals surface area contributed by atoms with E-state index in [0.29, 0.717) is 35.0 Å². The molecule has 0 saturated carbocycles. The Kier molecular flexibility index (Phi) is 7.42. The molecule has 4 nitrogen and oxygen atoms in total. The van der Waals surface area contributed by atoms with Gasteiger partial charge in [-0.15, -0.1) is 0 Å². The topological polar surface area (TPSA) is 53.2 Å². The highest BCUT2D eigenvalue weighted by molar-refractivity contribution is 7.80. The van der Waals surface area contributed by atoms with Crippen molar-refractivity contribution in [2.75, 3.05) is 17.2 Å². The molecule has 0 fully saturated rings. The summed E-state index contributed by atoms with van der Waals surface area (Å²) in [5, 5.41) is 8.81. The van der Waals surface area contributed by atoms with E-state index in [4.69, 9.17) is 12.2 Å². The summed E-state index contributed by atoms with van der Waals surface area (Å²) in [6.07, 6.45) is -4.01. The van der Waals surface area contributed by atoms with Crippen molar-refractivity contribution in [3.8, 4) is 0 Å². The van der Waals surface area contributed by atoms with E-state index >= 15 is 0 Å². The van der Waals surface area contributed by atoms with E-state index in [2.05, 4.69) is 16.0 Å². The van der Waals surface area contributed by atoms with Crippen LogP contribution in [0.3, 0.4) is 0 Å². The molecule has 0 aliphatic rings. The first-order valence-electron chi connectivity index (χ1n) is 9.59. The second-order valence-corrected chi connectivity index (χ2v) is 7.25. The van der Waals surface area contributed by atoms with Gasteiger partial charge in [0.15, 0.2) is 5.11 Å². The summed E-state index contributed by atoms with van der Waals surface area (Å²) < 4.78 is 52.0. The molecule has 0 aliphatic carbocycles. The number of benzene rings is 3. The molecule has 3 rings (SSSR count). The molecular weight excluding hydrogens is 442 g/mol. The van der Waals surface area contributed by atoms with E-state index in [1.54, 1.807) is 36.4 Å². The van der Waals surface area contributed by atoms with Gasteiger partial charge in [-0.1, -0.05) is 30.3 Å². The molecule has 0 spiro atoms. The van der Waals surface area contributed by atoms with Crippen LogP contribution in [0.2, 0.25) is 0 Å². The van der Waals surface area contributed by atoms with Gasteiger partial charge in [-0.25, -0.2) is 4.39 Å². The monoisotopic (exact) mass is 461 g/mol. The summed E-state index contributed by atoms with van der Waals surface area (Å²) in [5.74, 6) is -1.17. The van der Waals surface area contributed by atoms with Gasteiger partial charge in [0, 0.05) is 17.9 Å². The third-order valence-corrected chi connectivity index (χ3v) is 4.72. The number of hydrogen-bond acceptors (Lipinski definition) is 2. The molecule has 3 aromatic rings. The number of carbonyl (C=O) groups excluding carboxylic acids is 1. The molecule has 0 heterocycles. The molecule has 0 unspecified atom stereocenters. The van der Waals surface area contributed by atoms with E-state index in [0.717, 1.165) is 12.1 Å². The Labute approximate surface area is 187 Å². The highest BCUT2D eigenvalue weighted by Gasteiger charge is 2.30. The maximum Gasteiger partial charge on any atom is 0.416 e. The molecule has 3 N–H and O–H groups in total. The van der Waals surface area contributed by atoms with E-state index in [1.807, 2.05) is 0 Å². The van der Waals surface area contributed by atoms with Gasteiger partial charge < -0.3 is 16.0 Å². The summed E-state index contributed by atoms with van der Waals surface area (Å²) in [5.41, 5.74) is 0.932. The SMILES string of the molecule is O=C(Nc1ccc(NC(=S)NCCc2cccc(C(F)(F)F)c2)cc1)c1ccccc1F. The van der Waals surface area contributed by atoms with Crippen LogP contribution in [0.1, 0.15) is 21.5 Å². The Balaban J connectivity index is 1.48. The molecule has 166 valence electrons. The minimum absolute atomic E-state index is 0.0548. The average molecular weight is 461 g/mol. The second kappa shape index (κ2) is 10.2. The minimum Gasteiger partial charge on any atom is -0.362 e. The van der Waals surface area contributed by atoms with E-state index in [-0.39, 0.29) is 5.56 Å². The molecule has 0 bridgehead atoms. The van der Waals surface area contributed by atoms with Crippen molar-refractivity contribution < 1.29 is 22.4 Å². The van der Waals surface area contributed by atoms with Gasteiger partial charge in [0.1, 0.15) is 5.82 Å². The number of thiocarbonyl (C=S) groups is 1. The van der Waals surface area contributed by atoms with Gasteiger partial charge in [0.05, 0.1) is 11.1 Å². The molecule has 0 aliphatic heterocycles. The van der Waals surface area contributed by atoms with Crippen LogP contribution in [0.25, 0.3) is 0 Å². The number of halogens is 4. The van der Waals surface area contributed by atoms with Gasteiger partial charge in [-0.2, -0.15) is 13.2 Å². The fourth-order valence-electron chi connectivity index (χ4n) is 2.88. The number of hydrogen-bond donors (Lipinski definition) is 3. The van der Waals surface area contributed by atoms with Crippen molar-refractivity contribution in [3.63, 3.8) is 0 Å². The predicted octanol–water partition coefficient (Wildman–Crippen LogP) is 5.63. The highest BCUT2D eigenvalue weighted by atomic mass is 32.1. The number of nitrogens with one attached hydrogen (secondary N) is 3. The van der Waals surface area contributed by atoms with Crippen molar-refractivity contribution in [1.29, 1.82) is 0 Å². The molecule has 0 saturated heterocycles. The maximum atomic E-state index is 13.7. The largest absolute Gasteiger partial charge is 0.416 e.